The lowest BCUT2D eigenvalue weighted by Gasteiger charge is -2.53. The molecule has 0 bridgehead atoms. The Morgan fingerprint density at radius 1 is 0.703 bits per heavy atom. The molecule has 0 aromatic heterocycles. The van der Waals surface area contributed by atoms with Gasteiger partial charge in [0.2, 0.25) is 0 Å². The number of rotatable bonds is 10. The smallest absolute Gasteiger partial charge is 0.0922 e. The standard InChI is InChI=1S/C34H60O3/c1-23(2)25(5)15-19-31(9)27(7)17-21-33(11,36-31)29-13-14-30(35-29)34(12)22-18-28(8)32(10,37-34)20-16-26(6)24(3)4/h25-30H,1,3,13-22H2,2,4-12H3/t25?,26?,27-,28-,29?,30?,31+,32+,33-,34+/m1/s1. The van der Waals surface area contributed by atoms with E-state index in [0.717, 1.165) is 51.4 Å². The van der Waals surface area contributed by atoms with Crippen molar-refractivity contribution in [1.29, 1.82) is 0 Å². The predicted octanol–water partition coefficient (Wildman–Crippen LogP) is 9.45. The van der Waals surface area contributed by atoms with Gasteiger partial charge in [-0.05, 0) is 129 Å². The van der Waals surface area contributed by atoms with E-state index in [2.05, 4.69) is 82.4 Å². The lowest BCUT2D eigenvalue weighted by Crippen LogP contribution is -2.57. The van der Waals surface area contributed by atoms with Crippen LogP contribution < -0.4 is 0 Å². The van der Waals surface area contributed by atoms with Gasteiger partial charge in [0.25, 0.3) is 0 Å². The maximum absolute atomic E-state index is 7.10. The van der Waals surface area contributed by atoms with E-state index in [9.17, 15) is 0 Å². The normalized spacial score (nSPS) is 44.4. The van der Waals surface area contributed by atoms with Crippen LogP contribution in [0.3, 0.4) is 0 Å². The molecule has 3 heterocycles. The second-order valence-corrected chi connectivity index (χ2v) is 14.6. The molecule has 3 saturated heterocycles. The third kappa shape index (κ3) is 6.75. The fourth-order valence-corrected chi connectivity index (χ4v) is 7.07. The van der Waals surface area contributed by atoms with Crippen LogP contribution in [0, 0.1) is 23.7 Å². The summed E-state index contributed by atoms with van der Waals surface area (Å²) in [5.41, 5.74) is 1.84. The van der Waals surface area contributed by atoms with Gasteiger partial charge in [-0.1, -0.05) is 52.0 Å². The lowest BCUT2D eigenvalue weighted by atomic mass is 9.73. The van der Waals surface area contributed by atoms with Crippen LogP contribution in [0.2, 0.25) is 0 Å². The Morgan fingerprint density at radius 2 is 1.05 bits per heavy atom. The summed E-state index contributed by atoms with van der Waals surface area (Å²) >= 11 is 0. The molecular weight excluding hydrogens is 456 g/mol. The van der Waals surface area contributed by atoms with Crippen LogP contribution in [0.5, 0.6) is 0 Å². The van der Waals surface area contributed by atoms with Gasteiger partial charge in [-0.2, -0.15) is 0 Å². The Labute approximate surface area is 230 Å². The predicted molar refractivity (Wildman–Crippen MR) is 157 cm³/mol. The van der Waals surface area contributed by atoms with E-state index in [0.29, 0.717) is 23.7 Å². The molecule has 3 heteroatoms. The van der Waals surface area contributed by atoms with Gasteiger partial charge in [0.1, 0.15) is 0 Å². The summed E-state index contributed by atoms with van der Waals surface area (Å²) in [4.78, 5) is 0. The minimum Gasteiger partial charge on any atom is -0.369 e. The number of hydrogen-bond acceptors (Lipinski definition) is 3. The van der Waals surface area contributed by atoms with Gasteiger partial charge in [-0.25, -0.2) is 0 Å². The largest absolute Gasteiger partial charge is 0.369 e. The molecule has 0 N–H and O–H groups in total. The third-order valence-corrected chi connectivity index (χ3v) is 11.4. The summed E-state index contributed by atoms with van der Waals surface area (Å²) in [6, 6.07) is 0. The first-order valence-corrected chi connectivity index (χ1v) is 15.4. The Balaban J connectivity index is 1.67. The van der Waals surface area contributed by atoms with Crippen molar-refractivity contribution in [3.05, 3.63) is 24.3 Å². The third-order valence-electron chi connectivity index (χ3n) is 11.4. The molecule has 3 aliphatic heterocycles. The summed E-state index contributed by atoms with van der Waals surface area (Å²) in [6.45, 7) is 31.3. The zero-order valence-corrected chi connectivity index (χ0v) is 26.2. The molecular formula is C34H60O3. The molecule has 3 rings (SSSR count). The molecule has 4 unspecified atom stereocenters. The van der Waals surface area contributed by atoms with Gasteiger partial charge in [0.15, 0.2) is 0 Å². The first-order valence-electron chi connectivity index (χ1n) is 15.4. The van der Waals surface area contributed by atoms with Crippen LogP contribution in [0.15, 0.2) is 24.3 Å². The van der Waals surface area contributed by atoms with Crippen molar-refractivity contribution in [1.82, 2.24) is 0 Å². The summed E-state index contributed by atoms with van der Waals surface area (Å²) in [6.07, 6.45) is 11.4. The minimum absolute atomic E-state index is 0.114. The summed E-state index contributed by atoms with van der Waals surface area (Å²) < 4.78 is 21.1. The molecule has 3 aliphatic rings. The average molecular weight is 517 g/mol. The fourth-order valence-electron chi connectivity index (χ4n) is 7.07. The average Bonchev–Trinajstić information content (AvgIpc) is 3.34. The maximum atomic E-state index is 7.10. The van der Waals surface area contributed by atoms with E-state index in [1.54, 1.807) is 0 Å². The molecule has 0 aliphatic carbocycles. The van der Waals surface area contributed by atoms with Crippen molar-refractivity contribution in [3.63, 3.8) is 0 Å². The van der Waals surface area contributed by atoms with Crippen molar-refractivity contribution >= 4 is 0 Å². The monoisotopic (exact) mass is 516 g/mol. The lowest BCUT2D eigenvalue weighted by molar-refractivity contribution is -0.271. The number of allylic oxidation sites excluding steroid dienone is 2. The molecule has 0 amide bonds. The van der Waals surface area contributed by atoms with Crippen LogP contribution in [-0.4, -0.2) is 34.6 Å². The van der Waals surface area contributed by atoms with Crippen LogP contribution in [0.4, 0.5) is 0 Å². The van der Waals surface area contributed by atoms with Gasteiger partial charge in [0, 0.05) is 0 Å². The van der Waals surface area contributed by atoms with Crippen molar-refractivity contribution in [2.75, 3.05) is 0 Å². The number of hydrogen-bond donors (Lipinski definition) is 0. The molecule has 10 atom stereocenters. The van der Waals surface area contributed by atoms with Gasteiger partial charge in [-0.15, -0.1) is 0 Å². The minimum atomic E-state index is -0.235. The van der Waals surface area contributed by atoms with Crippen LogP contribution in [0.25, 0.3) is 0 Å². The first kappa shape index (κ1) is 30.9. The highest BCUT2D eigenvalue weighted by molar-refractivity contribution is 5.05. The molecule has 3 nitrogen and oxygen atoms in total. The second kappa shape index (κ2) is 11.5. The van der Waals surface area contributed by atoms with E-state index >= 15 is 0 Å². The van der Waals surface area contributed by atoms with E-state index in [-0.39, 0.29) is 34.6 Å². The maximum Gasteiger partial charge on any atom is 0.0922 e. The molecule has 37 heavy (non-hydrogen) atoms. The van der Waals surface area contributed by atoms with Gasteiger partial charge in [0.05, 0.1) is 34.6 Å². The Bertz CT molecular complexity index is 754. The summed E-state index contributed by atoms with van der Waals surface area (Å²) in [5.74, 6) is 2.17. The summed E-state index contributed by atoms with van der Waals surface area (Å²) in [5, 5.41) is 0. The SMILES string of the molecule is C=C(C)C(C)CC[C@]1(C)O[C@@](C)(C2CCC([C@]3(C)CC[C@@H](C)[C@](C)(CCC(C)C(=C)C)O3)O2)CC[C@H]1C. The molecule has 3 fully saturated rings. The van der Waals surface area contributed by atoms with E-state index < -0.39 is 0 Å². The van der Waals surface area contributed by atoms with Gasteiger partial charge < -0.3 is 14.2 Å². The van der Waals surface area contributed by atoms with Crippen molar-refractivity contribution < 1.29 is 14.2 Å². The quantitative estimate of drug-likeness (QED) is 0.271. The number of ether oxygens (including phenoxy) is 3. The second-order valence-electron chi connectivity index (χ2n) is 14.6. The topological polar surface area (TPSA) is 27.7 Å². The van der Waals surface area contributed by atoms with E-state index in [1.165, 1.54) is 24.0 Å². The Morgan fingerprint density at radius 3 is 1.38 bits per heavy atom. The molecule has 0 aromatic carbocycles. The van der Waals surface area contributed by atoms with E-state index in [1.807, 2.05) is 0 Å². The molecule has 214 valence electrons. The highest BCUT2D eigenvalue weighted by atomic mass is 16.6. The zero-order valence-electron chi connectivity index (χ0n) is 26.2. The van der Waals surface area contributed by atoms with Crippen molar-refractivity contribution in [3.8, 4) is 0 Å². The highest BCUT2D eigenvalue weighted by Crippen LogP contribution is 2.51. The van der Waals surface area contributed by atoms with Crippen molar-refractivity contribution in [2.24, 2.45) is 23.7 Å². The first-order chi connectivity index (χ1) is 17.0. The highest BCUT2D eigenvalue weighted by Gasteiger charge is 2.55. The molecule has 0 aromatic rings. The molecule has 0 spiro atoms. The van der Waals surface area contributed by atoms with Crippen molar-refractivity contribution in [2.45, 2.75) is 168 Å². The zero-order chi connectivity index (χ0) is 27.8. The Hall–Kier alpha value is -0.640. The van der Waals surface area contributed by atoms with Crippen LogP contribution >= 0.6 is 0 Å². The summed E-state index contributed by atoms with van der Waals surface area (Å²) in [7, 11) is 0. The molecule has 0 saturated carbocycles. The van der Waals surface area contributed by atoms with Gasteiger partial charge >= 0.3 is 0 Å². The fraction of sp³-hybridized carbons (Fsp3) is 0.882. The Kier molecular flexibility index (Phi) is 9.57. The van der Waals surface area contributed by atoms with Gasteiger partial charge in [-0.3, -0.25) is 0 Å². The molecule has 0 radical (unpaired) electrons. The van der Waals surface area contributed by atoms with Crippen LogP contribution in [-0.2, 0) is 14.2 Å². The van der Waals surface area contributed by atoms with Crippen LogP contribution in [0.1, 0.15) is 133 Å². The van der Waals surface area contributed by atoms with E-state index in [4.69, 9.17) is 14.2 Å².